The number of carbonyl (C=O) groups is 3. The minimum atomic E-state index is -3.35. The molecule has 8 nitrogen and oxygen atoms in total. The van der Waals surface area contributed by atoms with Crippen molar-refractivity contribution in [3.63, 3.8) is 0 Å². The highest BCUT2D eigenvalue weighted by molar-refractivity contribution is 6.39. The maximum Gasteiger partial charge on any atom is 0.303 e. The molecule has 1 fully saturated rings. The lowest BCUT2D eigenvalue weighted by Gasteiger charge is -2.32. The van der Waals surface area contributed by atoms with Crippen LogP contribution < -0.4 is 0 Å². The molecule has 0 bridgehead atoms. The van der Waals surface area contributed by atoms with Crippen LogP contribution in [-0.4, -0.2) is 55.5 Å². The molecule has 2 heterocycles. The molecule has 1 saturated carbocycles. The van der Waals surface area contributed by atoms with E-state index >= 15 is 8.78 Å². The van der Waals surface area contributed by atoms with Crippen molar-refractivity contribution in [3.8, 4) is 0 Å². The van der Waals surface area contributed by atoms with Crippen molar-refractivity contribution in [3.05, 3.63) is 45.0 Å². The minimum absolute atomic E-state index is 0.0248. The summed E-state index contributed by atoms with van der Waals surface area (Å²) >= 11 is 12.5. The van der Waals surface area contributed by atoms with Gasteiger partial charge >= 0.3 is 5.97 Å². The monoisotopic (exact) mass is 614 g/mol. The molecule has 0 aliphatic heterocycles. The first-order valence-corrected chi connectivity index (χ1v) is 14.6. The number of aromatic nitrogens is 3. The lowest BCUT2D eigenvalue weighted by atomic mass is 9.84. The van der Waals surface area contributed by atoms with Crippen LogP contribution in [0.4, 0.5) is 8.78 Å². The summed E-state index contributed by atoms with van der Waals surface area (Å²) in [5.74, 6) is -5.55. The van der Waals surface area contributed by atoms with E-state index in [0.29, 0.717) is 31.4 Å². The Labute approximate surface area is 249 Å². The van der Waals surface area contributed by atoms with Crippen molar-refractivity contribution in [2.45, 2.75) is 91.5 Å². The van der Waals surface area contributed by atoms with Gasteiger partial charge in [0, 0.05) is 25.1 Å². The van der Waals surface area contributed by atoms with Gasteiger partial charge in [0.05, 0.1) is 34.9 Å². The summed E-state index contributed by atoms with van der Waals surface area (Å²) in [5.41, 5.74) is -0.708. The van der Waals surface area contributed by atoms with Crippen LogP contribution in [0.2, 0.25) is 10.2 Å². The van der Waals surface area contributed by atoms with Gasteiger partial charge in [-0.25, -0.2) is 4.98 Å². The van der Waals surface area contributed by atoms with Gasteiger partial charge in [-0.2, -0.15) is 13.9 Å². The van der Waals surface area contributed by atoms with Crippen molar-refractivity contribution >= 4 is 40.9 Å². The second-order valence-electron chi connectivity index (χ2n) is 12.1. The van der Waals surface area contributed by atoms with Gasteiger partial charge in [-0.05, 0) is 50.0 Å². The lowest BCUT2D eigenvalue weighted by Crippen LogP contribution is -2.42. The van der Waals surface area contributed by atoms with E-state index in [1.165, 1.54) is 15.6 Å². The number of Topliss-reactive ketones (excluding diaryl/α,β-unsaturated/α-hetero) is 1. The largest absolute Gasteiger partial charge is 0.481 e. The Morgan fingerprint density at radius 3 is 2.32 bits per heavy atom. The van der Waals surface area contributed by atoms with Crippen molar-refractivity contribution in [2.24, 2.45) is 11.3 Å². The fraction of sp³-hybridized carbons (Fsp3) is 0.621. The fourth-order valence-electron chi connectivity index (χ4n) is 5.47. The summed E-state index contributed by atoms with van der Waals surface area (Å²) in [6.45, 7) is 8.59. The normalized spacial score (nSPS) is 17.9. The zero-order valence-corrected chi connectivity index (χ0v) is 25.7. The van der Waals surface area contributed by atoms with Crippen LogP contribution >= 0.6 is 23.2 Å². The smallest absolute Gasteiger partial charge is 0.303 e. The fourth-order valence-corrected chi connectivity index (χ4v) is 6.21. The number of halogens is 4. The number of carbonyl (C=O) groups excluding carboxylic acids is 2. The number of carboxylic acids is 1. The van der Waals surface area contributed by atoms with Gasteiger partial charge in [0.25, 0.3) is 11.8 Å². The third kappa shape index (κ3) is 8.25. The molecule has 0 unspecified atom stereocenters. The quantitative estimate of drug-likeness (QED) is 0.209. The Balaban J connectivity index is 2.00. The minimum Gasteiger partial charge on any atom is -0.481 e. The summed E-state index contributed by atoms with van der Waals surface area (Å²) in [4.78, 5) is 43.8. The van der Waals surface area contributed by atoms with E-state index < -0.39 is 53.7 Å². The average molecular weight is 616 g/mol. The molecule has 0 radical (unpaired) electrons. The highest BCUT2D eigenvalue weighted by atomic mass is 35.5. The summed E-state index contributed by atoms with van der Waals surface area (Å²) in [6.07, 6.45) is 2.98. The van der Waals surface area contributed by atoms with Gasteiger partial charge in [-0.1, -0.05) is 57.3 Å². The van der Waals surface area contributed by atoms with Gasteiger partial charge in [-0.15, -0.1) is 0 Å². The third-order valence-corrected chi connectivity index (χ3v) is 7.75. The second-order valence-corrected chi connectivity index (χ2v) is 12.9. The first kappa shape index (κ1) is 32.9. The zero-order valence-electron chi connectivity index (χ0n) is 24.1. The number of hydrogen-bond acceptors (Lipinski definition) is 5. The maximum atomic E-state index is 15.7. The molecule has 0 aromatic carbocycles. The number of pyridine rings is 1. The first-order valence-electron chi connectivity index (χ1n) is 13.9. The number of carboxylic acid groups (broad SMARTS) is 1. The molecule has 1 aliphatic rings. The molecule has 1 N–H and O–H groups in total. The Bertz CT molecular complexity index is 1260. The van der Waals surface area contributed by atoms with Crippen LogP contribution in [0, 0.1) is 18.3 Å². The Kier molecular flexibility index (Phi) is 10.6. The van der Waals surface area contributed by atoms with Crippen LogP contribution in [0.3, 0.4) is 0 Å². The van der Waals surface area contributed by atoms with E-state index in [0.717, 1.165) is 6.20 Å². The van der Waals surface area contributed by atoms with E-state index in [4.69, 9.17) is 28.3 Å². The zero-order chi connectivity index (χ0) is 30.7. The van der Waals surface area contributed by atoms with Gasteiger partial charge < -0.3 is 10.0 Å². The number of alkyl halides is 2. The number of nitrogens with zero attached hydrogens (tertiary/aromatic N) is 4. The molecule has 2 aromatic rings. The van der Waals surface area contributed by atoms with Gasteiger partial charge in [0.15, 0.2) is 5.78 Å². The number of aliphatic carboxylic acids is 1. The molecule has 0 spiro atoms. The highest BCUT2D eigenvalue weighted by Crippen LogP contribution is 2.41. The van der Waals surface area contributed by atoms with Crippen molar-refractivity contribution in [2.75, 3.05) is 13.1 Å². The SMILES string of the molecule is CCCC(F)(F)c1c(C(=O)N(CC(=O)c2c(Cl)cc(C)nc2Cl)CC(C)(C)C)cnn1C1CCC(CC(=O)O)CC1. The molecule has 0 saturated heterocycles. The van der Waals surface area contributed by atoms with Crippen LogP contribution in [0.5, 0.6) is 0 Å². The van der Waals surface area contributed by atoms with E-state index in [1.807, 2.05) is 20.8 Å². The number of aryl methyl sites for hydroxylation is 1. The van der Waals surface area contributed by atoms with E-state index in [9.17, 15) is 14.4 Å². The van der Waals surface area contributed by atoms with Crippen LogP contribution in [0.25, 0.3) is 0 Å². The summed E-state index contributed by atoms with van der Waals surface area (Å²) in [6, 6.07) is 1.10. The molecule has 1 amide bonds. The van der Waals surface area contributed by atoms with Gasteiger partial charge in [0.1, 0.15) is 10.8 Å². The summed E-state index contributed by atoms with van der Waals surface area (Å²) in [5, 5.41) is 13.4. The molecule has 3 rings (SSSR count). The van der Waals surface area contributed by atoms with Crippen LogP contribution in [0.15, 0.2) is 12.3 Å². The molecular weight excluding hydrogens is 577 g/mol. The Morgan fingerprint density at radius 2 is 1.78 bits per heavy atom. The van der Waals surface area contributed by atoms with Crippen LogP contribution in [-0.2, 0) is 10.7 Å². The van der Waals surface area contributed by atoms with E-state index in [-0.39, 0.29) is 46.6 Å². The first-order chi connectivity index (χ1) is 19.0. The van der Waals surface area contributed by atoms with Gasteiger partial charge in [-0.3, -0.25) is 19.1 Å². The Morgan fingerprint density at radius 1 is 1.15 bits per heavy atom. The third-order valence-electron chi connectivity index (χ3n) is 7.18. The molecule has 12 heteroatoms. The highest BCUT2D eigenvalue weighted by Gasteiger charge is 2.42. The van der Waals surface area contributed by atoms with Gasteiger partial charge in [0.2, 0.25) is 0 Å². The average Bonchev–Trinajstić information content (AvgIpc) is 3.28. The van der Waals surface area contributed by atoms with Crippen molar-refractivity contribution in [1.82, 2.24) is 19.7 Å². The molecular formula is C29H38Cl2F2N4O4. The molecule has 1 aliphatic carbocycles. The number of rotatable bonds is 11. The van der Waals surface area contributed by atoms with Crippen LogP contribution in [0.1, 0.15) is 111 Å². The molecule has 41 heavy (non-hydrogen) atoms. The molecule has 0 atom stereocenters. The molecule has 2 aromatic heterocycles. The predicted molar refractivity (Wildman–Crippen MR) is 153 cm³/mol. The van der Waals surface area contributed by atoms with Crippen molar-refractivity contribution < 1.29 is 28.3 Å². The number of ketones is 1. The van der Waals surface area contributed by atoms with Crippen molar-refractivity contribution in [1.29, 1.82) is 0 Å². The van der Waals surface area contributed by atoms with E-state index in [2.05, 4.69) is 10.1 Å². The molecule has 226 valence electrons. The predicted octanol–water partition coefficient (Wildman–Crippen LogP) is 7.36. The Hall–Kier alpha value is -2.59. The maximum absolute atomic E-state index is 15.7. The standard InChI is InChI=1S/C29H38Cl2F2N4O4/c1-6-11-29(32,33)25-20(14-34-37(25)19-9-7-18(8-10-19)13-23(39)40)27(41)36(16-28(3,4)5)15-22(38)24-21(30)12-17(2)35-26(24)31/h12,14,18-19H,6-11,13,15-16H2,1-5H3,(H,39,40). The topological polar surface area (TPSA) is 105 Å². The van der Waals surface area contributed by atoms with E-state index in [1.54, 1.807) is 13.8 Å². The summed E-state index contributed by atoms with van der Waals surface area (Å²) in [7, 11) is 0. The number of hydrogen-bond donors (Lipinski definition) is 1. The second kappa shape index (κ2) is 13.2. The summed E-state index contributed by atoms with van der Waals surface area (Å²) < 4.78 is 32.7. The number of amides is 1. The lowest BCUT2D eigenvalue weighted by molar-refractivity contribution is -0.138.